The minimum atomic E-state index is -0.300. The molecule has 0 aliphatic rings. The Morgan fingerprint density at radius 2 is 2.12 bits per heavy atom. The van der Waals surface area contributed by atoms with Crippen LogP contribution in [0.15, 0.2) is 12.4 Å². The van der Waals surface area contributed by atoms with Crippen LogP contribution < -0.4 is 10.6 Å². The van der Waals surface area contributed by atoms with Crippen molar-refractivity contribution in [1.29, 1.82) is 0 Å². The number of carbonyl (C=O) groups excluding carboxylic acids is 1. The topological polar surface area (TPSA) is 81.3 Å². The number of hydrogen-bond acceptors (Lipinski definition) is 6. The van der Waals surface area contributed by atoms with Gasteiger partial charge in [-0.15, -0.1) is 0 Å². The maximum Gasteiger partial charge on any atom is 0.325 e. The monoisotopic (exact) mass is 238 g/mol. The fourth-order valence-electron chi connectivity index (χ4n) is 1.41. The molecule has 6 heteroatoms. The molecule has 0 aromatic carbocycles. The molecule has 94 valence electrons. The van der Waals surface area contributed by atoms with E-state index in [0.29, 0.717) is 18.2 Å². The van der Waals surface area contributed by atoms with Gasteiger partial charge in [-0.3, -0.25) is 4.79 Å². The molecule has 1 aromatic rings. The maximum absolute atomic E-state index is 11.5. The van der Waals surface area contributed by atoms with Crippen molar-refractivity contribution in [1.82, 2.24) is 9.97 Å². The highest BCUT2D eigenvalue weighted by atomic mass is 16.5. The first-order valence-electron chi connectivity index (χ1n) is 5.55. The average molecular weight is 238 g/mol. The van der Waals surface area contributed by atoms with E-state index in [9.17, 15) is 4.79 Å². The highest BCUT2D eigenvalue weighted by Gasteiger charge is 2.19. The molecule has 0 atom stereocenters. The van der Waals surface area contributed by atoms with Crippen LogP contribution in [-0.4, -0.2) is 35.1 Å². The number of nitrogens with zero attached hydrogens (tertiary/aromatic N) is 3. The molecule has 1 aromatic heterocycles. The number of anilines is 2. The van der Waals surface area contributed by atoms with Crippen molar-refractivity contribution < 1.29 is 9.53 Å². The van der Waals surface area contributed by atoms with E-state index in [-0.39, 0.29) is 18.6 Å². The van der Waals surface area contributed by atoms with Crippen molar-refractivity contribution >= 4 is 17.6 Å². The van der Waals surface area contributed by atoms with Crippen molar-refractivity contribution in [2.24, 2.45) is 0 Å². The predicted molar refractivity (Wildman–Crippen MR) is 65.6 cm³/mol. The van der Waals surface area contributed by atoms with Crippen LogP contribution in [0, 0.1) is 0 Å². The summed E-state index contributed by atoms with van der Waals surface area (Å²) in [6.07, 6.45) is 3.06. The molecule has 2 N–H and O–H groups in total. The van der Waals surface area contributed by atoms with Gasteiger partial charge in [0, 0.05) is 18.4 Å². The van der Waals surface area contributed by atoms with Gasteiger partial charge in [0.1, 0.15) is 6.54 Å². The van der Waals surface area contributed by atoms with Gasteiger partial charge < -0.3 is 15.4 Å². The zero-order valence-electron chi connectivity index (χ0n) is 10.4. The molecular formula is C11H18N4O2. The van der Waals surface area contributed by atoms with E-state index in [4.69, 9.17) is 10.5 Å². The second-order valence-corrected chi connectivity index (χ2v) is 3.79. The van der Waals surface area contributed by atoms with E-state index >= 15 is 0 Å². The highest BCUT2D eigenvalue weighted by molar-refractivity contribution is 5.77. The van der Waals surface area contributed by atoms with Crippen molar-refractivity contribution in [3.05, 3.63) is 12.4 Å². The standard InChI is InChI=1S/C11H18N4O2/c1-4-17-9(16)7-15(8(2)3)11-10(12)13-5-6-14-11/h5-6,8H,4,7H2,1-3H3,(H2,12,13). The smallest absolute Gasteiger partial charge is 0.325 e. The van der Waals surface area contributed by atoms with Gasteiger partial charge >= 0.3 is 5.97 Å². The Kier molecular flexibility index (Phi) is 4.68. The zero-order valence-corrected chi connectivity index (χ0v) is 10.4. The van der Waals surface area contributed by atoms with E-state index in [2.05, 4.69) is 9.97 Å². The van der Waals surface area contributed by atoms with E-state index in [0.717, 1.165) is 0 Å². The first-order valence-corrected chi connectivity index (χ1v) is 5.55. The van der Waals surface area contributed by atoms with Crippen LogP contribution in [0.1, 0.15) is 20.8 Å². The number of nitrogen functional groups attached to an aromatic ring is 1. The van der Waals surface area contributed by atoms with Crippen molar-refractivity contribution in [3.63, 3.8) is 0 Å². The fourth-order valence-corrected chi connectivity index (χ4v) is 1.41. The SMILES string of the molecule is CCOC(=O)CN(c1nccnc1N)C(C)C. The predicted octanol–water partition coefficient (Wildman–Crippen LogP) is 0.837. The second-order valence-electron chi connectivity index (χ2n) is 3.79. The Morgan fingerprint density at radius 3 is 2.65 bits per heavy atom. The third-order valence-corrected chi connectivity index (χ3v) is 2.21. The molecule has 17 heavy (non-hydrogen) atoms. The van der Waals surface area contributed by atoms with Crippen molar-refractivity contribution in [2.45, 2.75) is 26.8 Å². The number of esters is 1. The van der Waals surface area contributed by atoms with Gasteiger partial charge in [0.05, 0.1) is 6.61 Å². The van der Waals surface area contributed by atoms with Gasteiger partial charge in [0.15, 0.2) is 11.6 Å². The summed E-state index contributed by atoms with van der Waals surface area (Å²) in [5.74, 6) is 0.521. The van der Waals surface area contributed by atoms with Crippen LogP contribution in [-0.2, 0) is 9.53 Å². The van der Waals surface area contributed by atoms with Gasteiger partial charge in [-0.1, -0.05) is 0 Å². The van der Waals surface area contributed by atoms with Crippen LogP contribution in [0.2, 0.25) is 0 Å². The number of carbonyl (C=O) groups is 1. The molecule has 0 unspecified atom stereocenters. The van der Waals surface area contributed by atoms with Crippen LogP contribution in [0.4, 0.5) is 11.6 Å². The van der Waals surface area contributed by atoms with Crippen LogP contribution in [0.25, 0.3) is 0 Å². The third-order valence-electron chi connectivity index (χ3n) is 2.21. The molecule has 0 radical (unpaired) electrons. The molecule has 0 aliphatic carbocycles. The molecule has 0 amide bonds. The molecule has 0 spiro atoms. The number of rotatable bonds is 5. The lowest BCUT2D eigenvalue weighted by molar-refractivity contribution is -0.141. The summed E-state index contributed by atoms with van der Waals surface area (Å²) in [6, 6.07) is 0.0819. The van der Waals surface area contributed by atoms with Gasteiger partial charge in [-0.25, -0.2) is 9.97 Å². The molecule has 0 fully saturated rings. The maximum atomic E-state index is 11.5. The minimum Gasteiger partial charge on any atom is -0.465 e. The molecule has 1 rings (SSSR count). The van der Waals surface area contributed by atoms with Gasteiger partial charge in [-0.2, -0.15) is 0 Å². The third kappa shape index (κ3) is 3.58. The summed E-state index contributed by atoms with van der Waals surface area (Å²) >= 11 is 0. The average Bonchev–Trinajstić information content (AvgIpc) is 2.27. The summed E-state index contributed by atoms with van der Waals surface area (Å²) < 4.78 is 4.91. The van der Waals surface area contributed by atoms with E-state index in [1.807, 2.05) is 13.8 Å². The summed E-state index contributed by atoms with van der Waals surface area (Å²) in [7, 11) is 0. The number of nitrogens with two attached hydrogens (primary N) is 1. The van der Waals surface area contributed by atoms with Crippen molar-refractivity contribution in [2.75, 3.05) is 23.8 Å². The molecule has 0 aliphatic heterocycles. The van der Waals surface area contributed by atoms with Crippen LogP contribution in [0.5, 0.6) is 0 Å². The van der Waals surface area contributed by atoms with Gasteiger partial charge in [0.2, 0.25) is 0 Å². The molecule has 0 saturated heterocycles. The summed E-state index contributed by atoms with van der Waals surface area (Å²) in [5.41, 5.74) is 5.74. The zero-order chi connectivity index (χ0) is 12.8. The number of ether oxygens (including phenoxy) is 1. The van der Waals surface area contributed by atoms with Gasteiger partial charge in [-0.05, 0) is 20.8 Å². The highest BCUT2D eigenvalue weighted by Crippen LogP contribution is 2.18. The fraction of sp³-hybridized carbons (Fsp3) is 0.545. The van der Waals surface area contributed by atoms with Gasteiger partial charge in [0.25, 0.3) is 0 Å². The minimum absolute atomic E-state index is 0.0819. The second kappa shape index (κ2) is 6.03. The van der Waals surface area contributed by atoms with Crippen LogP contribution >= 0.6 is 0 Å². The summed E-state index contributed by atoms with van der Waals surface area (Å²) in [4.78, 5) is 21.4. The summed E-state index contributed by atoms with van der Waals surface area (Å²) in [6.45, 7) is 6.16. The molecule has 0 bridgehead atoms. The lowest BCUT2D eigenvalue weighted by atomic mass is 10.3. The Morgan fingerprint density at radius 1 is 1.47 bits per heavy atom. The van der Waals surface area contributed by atoms with E-state index < -0.39 is 0 Å². The Labute approximate surface area is 101 Å². The Hall–Kier alpha value is -1.85. The van der Waals surface area contributed by atoms with E-state index in [1.165, 1.54) is 6.20 Å². The quantitative estimate of drug-likeness (QED) is 0.765. The number of hydrogen-bond donors (Lipinski definition) is 1. The molecule has 6 nitrogen and oxygen atoms in total. The first-order chi connectivity index (χ1) is 8.06. The first kappa shape index (κ1) is 13.2. The summed E-state index contributed by atoms with van der Waals surface area (Å²) in [5, 5.41) is 0. The molecular weight excluding hydrogens is 220 g/mol. The van der Waals surface area contributed by atoms with E-state index in [1.54, 1.807) is 18.0 Å². The number of aromatic nitrogens is 2. The lowest BCUT2D eigenvalue weighted by Gasteiger charge is -2.27. The van der Waals surface area contributed by atoms with Crippen LogP contribution in [0.3, 0.4) is 0 Å². The molecule has 0 saturated carbocycles. The lowest BCUT2D eigenvalue weighted by Crippen LogP contribution is -2.37. The van der Waals surface area contributed by atoms with Crippen molar-refractivity contribution in [3.8, 4) is 0 Å². The normalized spacial score (nSPS) is 10.4. The Balaban J connectivity index is 2.87. The largest absolute Gasteiger partial charge is 0.465 e. The Bertz CT molecular complexity index is 381. The molecule has 1 heterocycles.